The standard InChI is InChI=1S/C10H14Cl2N2OS/c1-10(2,9(14)15)4-6(13)5-3-7(11)16-8(5)12/h3,6H,4,13H2,1-2H3,(H2,14,15). The van der Waals surface area contributed by atoms with E-state index in [0.29, 0.717) is 15.1 Å². The summed E-state index contributed by atoms with van der Waals surface area (Å²) in [7, 11) is 0. The molecule has 0 aromatic carbocycles. The quantitative estimate of drug-likeness (QED) is 0.890. The second-order valence-electron chi connectivity index (χ2n) is 4.34. The molecule has 1 rings (SSSR count). The Hall–Kier alpha value is -0.290. The van der Waals surface area contributed by atoms with Gasteiger partial charge in [0.15, 0.2) is 0 Å². The first-order chi connectivity index (χ1) is 7.24. The molecule has 0 spiro atoms. The minimum Gasteiger partial charge on any atom is -0.369 e. The molecule has 0 aliphatic rings. The summed E-state index contributed by atoms with van der Waals surface area (Å²) in [6.45, 7) is 3.52. The Morgan fingerprint density at radius 3 is 2.50 bits per heavy atom. The molecule has 1 amide bonds. The Bertz CT molecular complexity index is 404. The van der Waals surface area contributed by atoms with Crippen LogP contribution in [0, 0.1) is 5.41 Å². The first kappa shape index (κ1) is 13.8. The maximum Gasteiger partial charge on any atom is 0.223 e. The highest BCUT2D eigenvalue weighted by molar-refractivity contribution is 7.20. The molecule has 0 aliphatic carbocycles. The molecule has 1 aromatic heterocycles. The summed E-state index contributed by atoms with van der Waals surface area (Å²) >= 11 is 13.1. The number of carbonyl (C=O) groups excluding carboxylic acids is 1. The van der Waals surface area contributed by atoms with Gasteiger partial charge in [-0.3, -0.25) is 4.79 Å². The maximum atomic E-state index is 11.2. The van der Waals surface area contributed by atoms with Gasteiger partial charge in [-0.15, -0.1) is 11.3 Å². The summed E-state index contributed by atoms with van der Waals surface area (Å²) in [6.07, 6.45) is 0.440. The summed E-state index contributed by atoms with van der Waals surface area (Å²) < 4.78 is 1.16. The van der Waals surface area contributed by atoms with Crippen molar-refractivity contribution < 1.29 is 4.79 Å². The highest BCUT2D eigenvalue weighted by atomic mass is 35.5. The van der Waals surface area contributed by atoms with Crippen molar-refractivity contribution in [3.63, 3.8) is 0 Å². The van der Waals surface area contributed by atoms with Crippen LogP contribution >= 0.6 is 34.5 Å². The zero-order valence-corrected chi connectivity index (χ0v) is 11.4. The van der Waals surface area contributed by atoms with Crippen molar-refractivity contribution in [3.05, 3.63) is 20.3 Å². The maximum absolute atomic E-state index is 11.2. The molecule has 1 heterocycles. The van der Waals surface area contributed by atoms with Gasteiger partial charge >= 0.3 is 0 Å². The van der Waals surface area contributed by atoms with Crippen LogP contribution < -0.4 is 11.5 Å². The van der Waals surface area contributed by atoms with Crippen molar-refractivity contribution in [2.24, 2.45) is 16.9 Å². The lowest BCUT2D eigenvalue weighted by Crippen LogP contribution is -2.34. The van der Waals surface area contributed by atoms with E-state index >= 15 is 0 Å². The fourth-order valence-electron chi connectivity index (χ4n) is 1.37. The van der Waals surface area contributed by atoms with Crippen LogP contribution in [0.2, 0.25) is 8.67 Å². The van der Waals surface area contributed by atoms with Gasteiger partial charge in [0.1, 0.15) is 0 Å². The van der Waals surface area contributed by atoms with Crippen molar-refractivity contribution in [1.82, 2.24) is 0 Å². The normalized spacial score (nSPS) is 13.8. The van der Waals surface area contributed by atoms with Crippen molar-refractivity contribution in [3.8, 4) is 0 Å². The second kappa shape index (κ2) is 4.92. The highest BCUT2D eigenvalue weighted by Crippen LogP contribution is 2.38. The topological polar surface area (TPSA) is 69.1 Å². The molecule has 0 saturated heterocycles. The molecule has 0 radical (unpaired) electrons. The Kier molecular flexibility index (Phi) is 4.23. The SMILES string of the molecule is CC(C)(CC(N)c1cc(Cl)sc1Cl)C(N)=O. The monoisotopic (exact) mass is 280 g/mol. The number of rotatable bonds is 4. The number of nitrogens with two attached hydrogens (primary N) is 2. The first-order valence-electron chi connectivity index (χ1n) is 4.74. The molecule has 1 unspecified atom stereocenters. The van der Waals surface area contributed by atoms with Crippen LogP contribution in [0.15, 0.2) is 6.07 Å². The Labute approximate surface area is 109 Å². The Morgan fingerprint density at radius 2 is 2.12 bits per heavy atom. The molecule has 0 aliphatic heterocycles. The van der Waals surface area contributed by atoms with Crippen LogP contribution in [0.25, 0.3) is 0 Å². The summed E-state index contributed by atoms with van der Waals surface area (Å²) in [6, 6.07) is 1.40. The number of thiophene rings is 1. The summed E-state index contributed by atoms with van der Waals surface area (Å²) in [5.74, 6) is -0.375. The van der Waals surface area contributed by atoms with E-state index < -0.39 is 5.41 Å². The number of halogens is 2. The summed E-state index contributed by atoms with van der Waals surface area (Å²) in [4.78, 5) is 11.2. The molecule has 6 heteroatoms. The molecule has 1 atom stereocenters. The van der Waals surface area contributed by atoms with Gasteiger partial charge in [-0.25, -0.2) is 0 Å². The van der Waals surface area contributed by atoms with Gasteiger partial charge in [-0.2, -0.15) is 0 Å². The number of primary amides is 1. The molecular weight excluding hydrogens is 267 g/mol. The number of amides is 1. The van der Waals surface area contributed by atoms with Crippen LogP contribution in [-0.4, -0.2) is 5.91 Å². The number of hydrogen-bond acceptors (Lipinski definition) is 3. The zero-order chi connectivity index (χ0) is 12.5. The minimum atomic E-state index is -0.656. The van der Waals surface area contributed by atoms with Crippen LogP contribution in [-0.2, 0) is 4.79 Å². The third-order valence-corrected chi connectivity index (χ3v) is 4.00. The highest BCUT2D eigenvalue weighted by Gasteiger charge is 2.29. The van der Waals surface area contributed by atoms with Crippen LogP contribution in [0.1, 0.15) is 31.9 Å². The number of hydrogen-bond donors (Lipinski definition) is 2. The van der Waals surface area contributed by atoms with Gasteiger partial charge in [-0.05, 0) is 18.1 Å². The van der Waals surface area contributed by atoms with Gasteiger partial charge in [0.25, 0.3) is 0 Å². The van der Waals surface area contributed by atoms with Crippen LogP contribution in [0.3, 0.4) is 0 Å². The predicted molar refractivity (Wildman–Crippen MR) is 68.9 cm³/mol. The van der Waals surface area contributed by atoms with E-state index in [-0.39, 0.29) is 11.9 Å². The van der Waals surface area contributed by atoms with E-state index in [2.05, 4.69) is 0 Å². The van der Waals surface area contributed by atoms with Crippen molar-refractivity contribution in [2.75, 3.05) is 0 Å². The van der Waals surface area contributed by atoms with Crippen molar-refractivity contribution in [1.29, 1.82) is 0 Å². The van der Waals surface area contributed by atoms with Gasteiger partial charge < -0.3 is 11.5 Å². The van der Waals surface area contributed by atoms with Crippen LogP contribution in [0.4, 0.5) is 0 Å². The molecule has 90 valence electrons. The van der Waals surface area contributed by atoms with E-state index in [4.69, 9.17) is 34.7 Å². The van der Waals surface area contributed by atoms with Gasteiger partial charge in [0.2, 0.25) is 5.91 Å². The van der Waals surface area contributed by atoms with Crippen molar-refractivity contribution >= 4 is 40.4 Å². The van der Waals surface area contributed by atoms with E-state index in [1.54, 1.807) is 19.9 Å². The van der Waals surface area contributed by atoms with Crippen molar-refractivity contribution in [2.45, 2.75) is 26.3 Å². The Morgan fingerprint density at radius 1 is 1.56 bits per heavy atom. The van der Waals surface area contributed by atoms with E-state index in [0.717, 1.165) is 5.56 Å². The fourth-order valence-corrected chi connectivity index (χ4v) is 2.96. The van der Waals surface area contributed by atoms with E-state index in [1.807, 2.05) is 0 Å². The van der Waals surface area contributed by atoms with Crippen LogP contribution in [0.5, 0.6) is 0 Å². The molecule has 1 aromatic rings. The predicted octanol–water partition coefficient (Wildman–Crippen LogP) is 2.96. The summed E-state index contributed by atoms with van der Waals surface area (Å²) in [5, 5.41) is 0. The molecule has 16 heavy (non-hydrogen) atoms. The molecule has 3 nitrogen and oxygen atoms in total. The lowest BCUT2D eigenvalue weighted by atomic mass is 9.84. The lowest BCUT2D eigenvalue weighted by molar-refractivity contribution is -0.126. The van der Waals surface area contributed by atoms with Gasteiger partial charge in [0.05, 0.1) is 8.67 Å². The first-order valence-corrected chi connectivity index (χ1v) is 6.31. The minimum absolute atomic E-state index is 0.334. The number of carbonyl (C=O) groups is 1. The Balaban J connectivity index is 2.84. The molecular formula is C10H14Cl2N2OS. The smallest absolute Gasteiger partial charge is 0.223 e. The third kappa shape index (κ3) is 3.10. The van der Waals surface area contributed by atoms with E-state index in [1.165, 1.54) is 11.3 Å². The average molecular weight is 281 g/mol. The van der Waals surface area contributed by atoms with E-state index in [9.17, 15) is 4.79 Å². The third-order valence-electron chi connectivity index (χ3n) is 2.48. The summed E-state index contributed by atoms with van der Waals surface area (Å²) in [5.41, 5.74) is 11.4. The fraction of sp³-hybridized carbons (Fsp3) is 0.500. The largest absolute Gasteiger partial charge is 0.369 e. The molecule has 0 fully saturated rings. The second-order valence-corrected chi connectivity index (χ2v) is 6.62. The van der Waals surface area contributed by atoms with Gasteiger partial charge in [0, 0.05) is 11.5 Å². The molecule has 0 bridgehead atoms. The lowest BCUT2D eigenvalue weighted by Gasteiger charge is -2.24. The molecule has 4 N–H and O–H groups in total. The zero-order valence-electron chi connectivity index (χ0n) is 9.09. The average Bonchev–Trinajstić information content (AvgIpc) is 2.44. The van der Waals surface area contributed by atoms with Gasteiger partial charge in [-0.1, -0.05) is 37.0 Å². The molecule has 0 saturated carbocycles.